The predicted octanol–water partition coefficient (Wildman–Crippen LogP) is 2.04. The number of fused-ring (bicyclic) bond motifs is 2. The first-order valence-electron chi connectivity index (χ1n) is 6.00. The molecule has 3 unspecified atom stereocenters. The molecule has 0 aromatic carbocycles. The molecule has 1 amide bonds. The van der Waals surface area contributed by atoms with Crippen molar-refractivity contribution in [1.29, 1.82) is 0 Å². The zero-order chi connectivity index (χ0) is 12.7. The van der Waals surface area contributed by atoms with Crippen LogP contribution in [0.3, 0.4) is 0 Å². The molecule has 0 saturated heterocycles. The summed E-state index contributed by atoms with van der Waals surface area (Å²) in [6, 6.07) is 0. The monoisotopic (exact) mass is 237 g/mol. The SMILES string of the molecule is CC(C)(C)OC(=O)NC1(C=O)CC2C=CC1C2. The normalized spacial score (nSPS) is 34.8. The van der Waals surface area contributed by atoms with E-state index in [1.807, 2.05) is 6.08 Å². The van der Waals surface area contributed by atoms with Crippen LogP contribution in [0.15, 0.2) is 12.2 Å². The lowest BCUT2D eigenvalue weighted by Crippen LogP contribution is -2.54. The third-order valence-corrected chi connectivity index (χ3v) is 3.38. The Labute approximate surface area is 101 Å². The van der Waals surface area contributed by atoms with Gasteiger partial charge in [-0.1, -0.05) is 12.2 Å². The van der Waals surface area contributed by atoms with Crippen molar-refractivity contribution in [3.63, 3.8) is 0 Å². The quantitative estimate of drug-likeness (QED) is 0.590. The van der Waals surface area contributed by atoms with Crippen molar-refractivity contribution in [3.8, 4) is 0 Å². The largest absolute Gasteiger partial charge is 0.444 e. The van der Waals surface area contributed by atoms with E-state index in [0.29, 0.717) is 12.3 Å². The van der Waals surface area contributed by atoms with Crippen molar-refractivity contribution in [1.82, 2.24) is 5.32 Å². The van der Waals surface area contributed by atoms with E-state index >= 15 is 0 Å². The smallest absolute Gasteiger partial charge is 0.408 e. The van der Waals surface area contributed by atoms with E-state index in [0.717, 1.165) is 12.7 Å². The molecule has 17 heavy (non-hydrogen) atoms. The number of nitrogens with one attached hydrogen (secondary N) is 1. The fourth-order valence-electron chi connectivity index (χ4n) is 2.70. The molecule has 0 heterocycles. The van der Waals surface area contributed by atoms with Crippen LogP contribution in [0.5, 0.6) is 0 Å². The lowest BCUT2D eigenvalue weighted by atomic mass is 9.86. The van der Waals surface area contributed by atoms with Gasteiger partial charge < -0.3 is 14.8 Å². The molecule has 2 aliphatic carbocycles. The second-order valence-electron chi connectivity index (χ2n) is 5.98. The molecule has 0 aromatic heterocycles. The average molecular weight is 237 g/mol. The average Bonchev–Trinajstić information content (AvgIpc) is 2.74. The maximum absolute atomic E-state index is 11.7. The first-order valence-corrected chi connectivity index (χ1v) is 6.00. The number of ether oxygens (including phenoxy) is 1. The van der Waals surface area contributed by atoms with Crippen molar-refractivity contribution in [2.75, 3.05) is 0 Å². The number of carbonyl (C=O) groups is 2. The van der Waals surface area contributed by atoms with Crippen molar-refractivity contribution >= 4 is 12.4 Å². The van der Waals surface area contributed by atoms with E-state index in [2.05, 4.69) is 11.4 Å². The van der Waals surface area contributed by atoms with E-state index in [4.69, 9.17) is 4.74 Å². The van der Waals surface area contributed by atoms with Gasteiger partial charge in [0.2, 0.25) is 0 Å². The van der Waals surface area contributed by atoms with Crippen LogP contribution in [0, 0.1) is 11.8 Å². The summed E-state index contributed by atoms with van der Waals surface area (Å²) in [7, 11) is 0. The molecule has 0 spiro atoms. The number of allylic oxidation sites excluding steroid dienone is 1. The molecule has 2 bridgehead atoms. The van der Waals surface area contributed by atoms with Gasteiger partial charge in [-0.05, 0) is 39.5 Å². The Morgan fingerprint density at radius 2 is 2.18 bits per heavy atom. The van der Waals surface area contributed by atoms with Gasteiger partial charge in [0, 0.05) is 5.92 Å². The first kappa shape index (κ1) is 12.1. The van der Waals surface area contributed by atoms with E-state index in [1.54, 1.807) is 20.8 Å². The van der Waals surface area contributed by atoms with E-state index in [1.165, 1.54) is 0 Å². The van der Waals surface area contributed by atoms with Crippen molar-refractivity contribution in [3.05, 3.63) is 12.2 Å². The highest BCUT2D eigenvalue weighted by molar-refractivity contribution is 5.78. The Morgan fingerprint density at radius 1 is 1.47 bits per heavy atom. The molecule has 1 N–H and O–H groups in total. The lowest BCUT2D eigenvalue weighted by molar-refractivity contribution is -0.114. The third kappa shape index (κ3) is 2.35. The zero-order valence-electron chi connectivity index (χ0n) is 10.5. The van der Waals surface area contributed by atoms with Crippen molar-refractivity contribution in [2.24, 2.45) is 11.8 Å². The van der Waals surface area contributed by atoms with Crippen LogP contribution >= 0.6 is 0 Å². The summed E-state index contributed by atoms with van der Waals surface area (Å²) in [5.41, 5.74) is -1.29. The van der Waals surface area contributed by atoms with Gasteiger partial charge in [0.15, 0.2) is 0 Å². The number of hydrogen-bond acceptors (Lipinski definition) is 3. The van der Waals surface area contributed by atoms with E-state index in [9.17, 15) is 9.59 Å². The van der Waals surface area contributed by atoms with Gasteiger partial charge in [-0.15, -0.1) is 0 Å². The van der Waals surface area contributed by atoms with Gasteiger partial charge in [0.1, 0.15) is 17.4 Å². The lowest BCUT2D eigenvalue weighted by Gasteiger charge is -2.32. The topological polar surface area (TPSA) is 55.4 Å². The molecule has 1 saturated carbocycles. The van der Waals surface area contributed by atoms with Crippen LogP contribution in [-0.4, -0.2) is 23.5 Å². The van der Waals surface area contributed by atoms with E-state index in [-0.39, 0.29) is 5.92 Å². The van der Waals surface area contributed by atoms with Crippen LogP contribution in [0.2, 0.25) is 0 Å². The van der Waals surface area contributed by atoms with Gasteiger partial charge in [-0.25, -0.2) is 4.79 Å². The molecule has 4 heteroatoms. The fourth-order valence-corrected chi connectivity index (χ4v) is 2.70. The number of amides is 1. The molecular weight excluding hydrogens is 218 g/mol. The minimum Gasteiger partial charge on any atom is -0.444 e. The summed E-state index contributed by atoms with van der Waals surface area (Å²) in [4.78, 5) is 23.1. The van der Waals surface area contributed by atoms with Crippen LogP contribution < -0.4 is 5.32 Å². The molecule has 0 aromatic rings. The highest BCUT2D eigenvalue weighted by atomic mass is 16.6. The number of aldehydes is 1. The zero-order valence-corrected chi connectivity index (χ0v) is 10.5. The Hall–Kier alpha value is -1.32. The first-order chi connectivity index (χ1) is 7.85. The number of carbonyl (C=O) groups excluding carboxylic acids is 2. The Kier molecular flexibility index (Phi) is 2.76. The summed E-state index contributed by atoms with van der Waals surface area (Å²) in [5, 5.41) is 2.75. The summed E-state index contributed by atoms with van der Waals surface area (Å²) < 4.78 is 5.20. The minimum atomic E-state index is -0.748. The number of hydrogen-bond donors (Lipinski definition) is 1. The van der Waals surface area contributed by atoms with Crippen LogP contribution in [0.4, 0.5) is 4.79 Å². The Balaban J connectivity index is 2.04. The van der Waals surface area contributed by atoms with Crippen LogP contribution in [-0.2, 0) is 9.53 Å². The summed E-state index contributed by atoms with van der Waals surface area (Å²) in [5.74, 6) is 0.539. The minimum absolute atomic E-state index is 0.123. The second-order valence-corrected chi connectivity index (χ2v) is 5.98. The molecule has 94 valence electrons. The maximum atomic E-state index is 11.7. The summed E-state index contributed by atoms with van der Waals surface area (Å²) in [6.45, 7) is 5.42. The Morgan fingerprint density at radius 3 is 2.59 bits per heavy atom. The van der Waals surface area contributed by atoms with E-state index < -0.39 is 17.2 Å². The molecule has 0 radical (unpaired) electrons. The van der Waals surface area contributed by atoms with Gasteiger partial charge in [0.25, 0.3) is 0 Å². The van der Waals surface area contributed by atoms with Crippen LogP contribution in [0.1, 0.15) is 33.6 Å². The fraction of sp³-hybridized carbons (Fsp3) is 0.692. The molecule has 2 aliphatic rings. The molecular formula is C13H19NO3. The number of rotatable bonds is 2. The van der Waals surface area contributed by atoms with Crippen molar-refractivity contribution in [2.45, 2.75) is 44.8 Å². The van der Waals surface area contributed by atoms with Gasteiger partial charge >= 0.3 is 6.09 Å². The summed E-state index contributed by atoms with van der Waals surface area (Å²) in [6.07, 6.45) is 6.16. The van der Waals surface area contributed by atoms with Gasteiger partial charge in [0.05, 0.1) is 0 Å². The van der Waals surface area contributed by atoms with Gasteiger partial charge in [-0.2, -0.15) is 0 Å². The summed E-state index contributed by atoms with van der Waals surface area (Å²) >= 11 is 0. The highest BCUT2D eigenvalue weighted by Gasteiger charge is 2.50. The maximum Gasteiger partial charge on any atom is 0.408 e. The van der Waals surface area contributed by atoms with Crippen LogP contribution in [0.25, 0.3) is 0 Å². The number of alkyl carbamates (subject to hydrolysis) is 1. The molecule has 0 aliphatic heterocycles. The standard InChI is InChI=1S/C13H19NO3/c1-12(2,3)17-11(16)14-13(8-15)7-9-4-5-10(13)6-9/h4-5,8-10H,6-7H2,1-3H3,(H,14,16). The molecule has 1 fully saturated rings. The molecule has 3 atom stereocenters. The molecule has 2 rings (SSSR count). The molecule has 4 nitrogen and oxygen atoms in total. The Bertz CT molecular complexity index is 369. The predicted molar refractivity (Wildman–Crippen MR) is 63.5 cm³/mol. The van der Waals surface area contributed by atoms with Crippen molar-refractivity contribution < 1.29 is 14.3 Å². The highest BCUT2D eigenvalue weighted by Crippen LogP contribution is 2.45. The van der Waals surface area contributed by atoms with Gasteiger partial charge in [-0.3, -0.25) is 0 Å². The second kappa shape index (κ2) is 3.86. The third-order valence-electron chi connectivity index (χ3n) is 3.38.